The molecule has 1 amide bonds. The highest BCUT2D eigenvalue weighted by Gasteiger charge is 2.37. The third kappa shape index (κ3) is 3.87. The molecule has 0 saturated carbocycles. The number of carbonyl (C=O) groups is 2. The van der Waals surface area contributed by atoms with Crippen molar-refractivity contribution in [3.05, 3.63) is 53.9 Å². The molecular formula is C21H20N2O6. The van der Waals surface area contributed by atoms with E-state index in [1.54, 1.807) is 30.2 Å². The molecular weight excluding hydrogens is 376 g/mol. The summed E-state index contributed by atoms with van der Waals surface area (Å²) in [6.45, 7) is 2.14. The van der Waals surface area contributed by atoms with Gasteiger partial charge in [0.25, 0.3) is 0 Å². The molecule has 29 heavy (non-hydrogen) atoms. The zero-order valence-corrected chi connectivity index (χ0v) is 16.1. The van der Waals surface area contributed by atoms with Crippen molar-refractivity contribution >= 4 is 17.6 Å². The smallest absolute Gasteiger partial charge is 0.311 e. The van der Waals surface area contributed by atoms with Gasteiger partial charge in [0.15, 0.2) is 5.76 Å². The summed E-state index contributed by atoms with van der Waals surface area (Å²) < 4.78 is 21.1. The maximum Gasteiger partial charge on any atom is 0.311 e. The zero-order chi connectivity index (χ0) is 20.4. The van der Waals surface area contributed by atoms with Gasteiger partial charge >= 0.3 is 5.97 Å². The van der Waals surface area contributed by atoms with Crippen LogP contribution in [0.4, 0.5) is 5.69 Å². The molecule has 1 aromatic carbocycles. The van der Waals surface area contributed by atoms with Gasteiger partial charge in [-0.15, -0.1) is 0 Å². The molecule has 1 aliphatic heterocycles. The van der Waals surface area contributed by atoms with E-state index >= 15 is 0 Å². The van der Waals surface area contributed by atoms with Crippen LogP contribution in [-0.4, -0.2) is 30.7 Å². The van der Waals surface area contributed by atoms with Gasteiger partial charge in [0, 0.05) is 19.0 Å². The van der Waals surface area contributed by atoms with Crippen LogP contribution in [0.25, 0.3) is 11.5 Å². The first-order valence-corrected chi connectivity index (χ1v) is 9.16. The molecule has 2 aromatic heterocycles. The lowest BCUT2D eigenvalue weighted by Crippen LogP contribution is -2.27. The quantitative estimate of drug-likeness (QED) is 0.590. The zero-order valence-electron chi connectivity index (χ0n) is 16.1. The first-order chi connectivity index (χ1) is 14.0. The van der Waals surface area contributed by atoms with Crippen LogP contribution in [0.1, 0.15) is 17.7 Å². The van der Waals surface area contributed by atoms with E-state index in [2.05, 4.69) is 5.16 Å². The summed E-state index contributed by atoms with van der Waals surface area (Å²) in [5.41, 5.74) is 2.12. The molecule has 150 valence electrons. The Bertz CT molecular complexity index is 1020. The number of hydrogen-bond acceptors (Lipinski definition) is 7. The molecule has 1 fully saturated rings. The summed E-state index contributed by atoms with van der Waals surface area (Å²) in [6, 6.07) is 10.7. The number of benzene rings is 1. The molecule has 0 radical (unpaired) electrons. The Morgan fingerprint density at radius 3 is 2.90 bits per heavy atom. The van der Waals surface area contributed by atoms with Gasteiger partial charge in [-0.3, -0.25) is 9.59 Å². The van der Waals surface area contributed by atoms with Crippen molar-refractivity contribution in [2.24, 2.45) is 5.92 Å². The highest BCUT2D eigenvalue weighted by molar-refractivity contribution is 6.00. The van der Waals surface area contributed by atoms with E-state index in [-0.39, 0.29) is 25.5 Å². The molecule has 0 bridgehead atoms. The SMILES string of the molecule is COc1ccc(C)cc1N1C[C@H](C(=O)OCc2cc(-c3ccco3)on2)CC1=O. The summed E-state index contributed by atoms with van der Waals surface area (Å²) in [5, 5.41) is 3.87. The lowest BCUT2D eigenvalue weighted by Gasteiger charge is -2.20. The first-order valence-electron chi connectivity index (χ1n) is 9.16. The highest BCUT2D eigenvalue weighted by atomic mass is 16.5. The number of carbonyl (C=O) groups excluding carboxylic acids is 2. The number of aromatic nitrogens is 1. The third-order valence-electron chi connectivity index (χ3n) is 4.77. The van der Waals surface area contributed by atoms with E-state index in [1.165, 1.54) is 6.26 Å². The number of anilines is 1. The second-order valence-electron chi connectivity index (χ2n) is 6.85. The fourth-order valence-electron chi connectivity index (χ4n) is 3.29. The Hall–Kier alpha value is -3.55. The molecule has 1 atom stereocenters. The van der Waals surface area contributed by atoms with Gasteiger partial charge in [-0.1, -0.05) is 11.2 Å². The average Bonchev–Trinajstić information content (AvgIpc) is 3.46. The number of hydrogen-bond donors (Lipinski definition) is 0. The molecule has 0 aliphatic carbocycles. The summed E-state index contributed by atoms with van der Waals surface area (Å²) >= 11 is 0. The van der Waals surface area contributed by atoms with Gasteiger partial charge in [-0.2, -0.15) is 0 Å². The molecule has 1 aliphatic rings. The molecule has 0 unspecified atom stereocenters. The molecule has 8 nitrogen and oxygen atoms in total. The van der Waals surface area contributed by atoms with Crippen LogP contribution < -0.4 is 9.64 Å². The topological polar surface area (TPSA) is 95.0 Å². The maximum atomic E-state index is 12.5. The lowest BCUT2D eigenvalue weighted by molar-refractivity contribution is -0.149. The minimum atomic E-state index is -0.552. The van der Waals surface area contributed by atoms with Crippen LogP contribution in [0.2, 0.25) is 0 Å². The number of amides is 1. The standard InChI is InChI=1S/C21H20N2O6/c1-13-5-6-17(26-2)16(8-13)23-11-14(9-20(23)24)21(25)28-12-15-10-19(29-22-15)18-4-3-7-27-18/h3-8,10,14H,9,11-12H2,1-2H3/t14-/m1/s1. The first kappa shape index (κ1) is 18.8. The van der Waals surface area contributed by atoms with Gasteiger partial charge in [-0.25, -0.2) is 0 Å². The van der Waals surface area contributed by atoms with Crippen LogP contribution in [0.3, 0.4) is 0 Å². The van der Waals surface area contributed by atoms with E-state index in [0.29, 0.717) is 28.7 Å². The van der Waals surface area contributed by atoms with Crippen molar-refractivity contribution in [3.8, 4) is 17.3 Å². The van der Waals surface area contributed by atoms with Crippen molar-refractivity contribution in [1.82, 2.24) is 5.16 Å². The van der Waals surface area contributed by atoms with Crippen LogP contribution >= 0.6 is 0 Å². The largest absolute Gasteiger partial charge is 0.495 e. The third-order valence-corrected chi connectivity index (χ3v) is 4.77. The molecule has 1 saturated heterocycles. The number of methoxy groups -OCH3 is 1. The lowest BCUT2D eigenvalue weighted by atomic mass is 10.1. The van der Waals surface area contributed by atoms with Crippen molar-refractivity contribution in [1.29, 1.82) is 0 Å². The van der Waals surface area contributed by atoms with Crippen LogP contribution in [0.5, 0.6) is 5.75 Å². The number of ether oxygens (including phenoxy) is 2. The number of esters is 1. The second kappa shape index (κ2) is 7.83. The Balaban J connectivity index is 1.39. The van der Waals surface area contributed by atoms with Crippen molar-refractivity contribution in [3.63, 3.8) is 0 Å². The van der Waals surface area contributed by atoms with Gasteiger partial charge in [-0.05, 0) is 36.8 Å². The summed E-state index contributed by atoms with van der Waals surface area (Å²) in [5.74, 6) is 0.441. The van der Waals surface area contributed by atoms with E-state index in [1.807, 2.05) is 25.1 Å². The van der Waals surface area contributed by atoms with E-state index < -0.39 is 11.9 Å². The Labute approximate surface area is 167 Å². The summed E-state index contributed by atoms with van der Waals surface area (Å²) in [6.07, 6.45) is 1.62. The molecule has 8 heteroatoms. The predicted octanol–water partition coefficient (Wildman–Crippen LogP) is 3.35. The van der Waals surface area contributed by atoms with Gasteiger partial charge in [0.05, 0.1) is 25.0 Å². The van der Waals surface area contributed by atoms with E-state index in [4.69, 9.17) is 18.4 Å². The number of furan rings is 1. The number of rotatable bonds is 6. The number of nitrogens with zero attached hydrogens (tertiary/aromatic N) is 2. The van der Waals surface area contributed by atoms with Crippen LogP contribution in [0, 0.1) is 12.8 Å². The molecule has 0 N–H and O–H groups in total. The van der Waals surface area contributed by atoms with Crippen molar-refractivity contribution < 1.29 is 28.0 Å². The van der Waals surface area contributed by atoms with E-state index in [0.717, 1.165) is 5.56 Å². The molecule has 4 rings (SSSR count). The minimum absolute atomic E-state index is 0.0402. The predicted molar refractivity (Wildman–Crippen MR) is 102 cm³/mol. The normalized spacial score (nSPS) is 16.3. The Morgan fingerprint density at radius 2 is 2.14 bits per heavy atom. The van der Waals surface area contributed by atoms with Crippen molar-refractivity contribution in [2.75, 3.05) is 18.6 Å². The van der Waals surface area contributed by atoms with Gasteiger partial charge in [0.1, 0.15) is 18.1 Å². The molecule has 3 aromatic rings. The average molecular weight is 396 g/mol. The minimum Gasteiger partial charge on any atom is -0.495 e. The summed E-state index contributed by atoms with van der Waals surface area (Å²) in [7, 11) is 1.55. The summed E-state index contributed by atoms with van der Waals surface area (Å²) in [4.78, 5) is 26.6. The fourth-order valence-corrected chi connectivity index (χ4v) is 3.29. The monoisotopic (exact) mass is 396 g/mol. The maximum absolute atomic E-state index is 12.5. The Kier molecular flexibility index (Phi) is 5.07. The molecule has 3 heterocycles. The van der Waals surface area contributed by atoms with Crippen LogP contribution in [0.15, 0.2) is 51.6 Å². The number of aryl methyl sites for hydroxylation is 1. The van der Waals surface area contributed by atoms with Crippen molar-refractivity contribution in [2.45, 2.75) is 20.0 Å². The van der Waals surface area contributed by atoms with E-state index in [9.17, 15) is 9.59 Å². The molecule has 0 spiro atoms. The second-order valence-corrected chi connectivity index (χ2v) is 6.85. The van der Waals surface area contributed by atoms with Crippen LogP contribution in [-0.2, 0) is 20.9 Å². The fraction of sp³-hybridized carbons (Fsp3) is 0.286. The van der Waals surface area contributed by atoms with Gasteiger partial charge < -0.3 is 23.3 Å². The van der Waals surface area contributed by atoms with Gasteiger partial charge in [0.2, 0.25) is 11.7 Å². The highest BCUT2D eigenvalue weighted by Crippen LogP contribution is 2.34. The Morgan fingerprint density at radius 1 is 1.28 bits per heavy atom.